The Morgan fingerprint density at radius 1 is 0.826 bits per heavy atom. The lowest BCUT2D eigenvalue weighted by Gasteiger charge is -2.10. The van der Waals surface area contributed by atoms with E-state index in [0.717, 1.165) is 11.1 Å². The van der Waals surface area contributed by atoms with Gasteiger partial charge in [0.1, 0.15) is 17.9 Å². The Morgan fingerprint density at radius 3 is 2.17 bits per heavy atom. The molecule has 0 fully saturated rings. The predicted molar refractivity (Wildman–Crippen MR) is 89.1 cm³/mol. The van der Waals surface area contributed by atoms with Crippen molar-refractivity contribution in [3.05, 3.63) is 90.0 Å². The summed E-state index contributed by atoms with van der Waals surface area (Å²) in [7, 11) is 0. The predicted octanol–water partition coefficient (Wildman–Crippen LogP) is 4.42. The van der Waals surface area contributed by atoms with Crippen molar-refractivity contribution < 1.29 is 14.6 Å². The molecule has 0 unspecified atom stereocenters. The second-order valence-electron chi connectivity index (χ2n) is 5.13. The molecule has 3 aromatic rings. The van der Waals surface area contributed by atoms with Crippen LogP contribution in [0, 0.1) is 0 Å². The number of ether oxygens (including phenoxy) is 1. The fourth-order valence-electron chi connectivity index (χ4n) is 2.36. The molecule has 1 N–H and O–H groups in total. The molecule has 114 valence electrons. The number of hydrogen-bond acceptors (Lipinski definition) is 3. The average Bonchev–Trinajstić information content (AvgIpc) is 2.61. The molecule has 0 aliphatic carbocycles. The van der Waals surface area contributed by atoms with Gasteiger partial charge < -0.3 is 9.84 Å². The molecule has 0 amide bonds. The van der Waals surface area contributed by atoms with Crippen molar-refractivity contribution in [3.8, 4) is 16.9 Å². The van der Waals surface area contributed by atoms with Gasteiger partial charge in [-0.25, -0.2) is 4.79 Å². The number of phenols is 1. The van der Waals surface area contributed by atoms with Crippen LogP contribution in [-0.2, 0) is 11.3 Å². The molecule has 3 nitrogen and oxygen atoms in total. The zero-order chi connectivity index (χ0) is 16.1. The third-order valence-electron chi connectivity index (χ3n) is 3.55. The molecule has 0 saturated heterocycles. The van der Waals surface area contributed by atoms with Gasteiger partial charge in [-0.05, 0) is 17.2 Å². The Balaban J connectivity index is 1.81. The topological polar surface area (TPSA) is 46.5 Å². The van der Waals surface area contributed by atoms with E-state index in [1.54, 1.807) is 18.2 Å². The normalized spacial score (nSPS) is 10.3. The second-order valence-corrected chi connectivity index (χ2v) is 5.13. The van der Waals surface area contributed by atoms with E-state index in [0.29, 0.717) is 5.56 Å². The van der Waals surface area contributed by atoms with Crippen molar-refractivity contribution in [1.82, 2.24) is 0 Å². The standard InChI is InChI=1S/C20H16O3/c21-19-17(16-10-5-2-6-11-16)12-7-13-18(19)20(22)23-14-15-8-3-1-4-9-15/h1-13,21H,14H2. The molecule has 0 atom stereocenters. The maximum Gasteiger partial charge on any atom is 0.342 e. The minimum atomic E-state index is -0.538. The molecule has 0 radical (unpaired) electrons. The molecule has 23 heavy (non-hydrogen) atoms. The minimum Gasteiger partial charge on any atom is -0.506 e. The van der Waals surface area contributed by atoms with Crippen LogP contribution in [0.3, 0.4) is 0 Å². The molecular weight excluding hydrogens is 288 g/mol. The first-order valence-corrected chi connectivity index (χ1v) is 7.34. The summed E-state index contributed by atoms with van der Waals surface area (Å²) in [5.41, 5.74) is 2.53. The number of aromatic hydroxyl groups is 1. The van der Waals surface area contributed by atoms with Gasteiger partial charge in [0.25, 0.3) is 0 Å². The van der Waals surface area contributed by atoms with E-state index in [1.807, 2.05) is 60.7 Å². The quantitative estimate of drug-likeness (QED) is 0.726. The van der Waals surface area contributed by atoms with Crippen LogP contribution in [0.2, 0.25) is 0 Å². The first kappa shape index (κ1) is 14.9. The first-order valence-electron chi connectivity index (χ1n) is 7.34. The minimum absolute atomic E-state index is 0.0586. The summed E-state index contributed by atoms with van der Waals surface area (Å²) in [4.78, 5) is 12.2. The first-order chi connectivity index (χ1) is 11.3. The van der Waals surface area contributed by atoms with E-state index in [2.05, 4.69) is 0 Å². The molecule has 0 bridgehead atoms. The lowest BCUT2D eigenvalue weighted by Crippen LogP contribution is -2.06. The van der Waals surface area contributed by atoms with Crippen molar-refractivity contribution in [1.29, 1.82) is 0 Å². The van der Waals surface area contributed by atoms with Gasteiger partial charge in [0.2, 0.25) is 0 Å². The summed E-state index contributed by atoms with van der Waals surface area (Å²) in [5, 5.41) is 10.4. The highest BCUT2D eigenvalue weighted by Crippen LogP contribution is 2.32. The average molecular weight is 304 g/mol. The Morgan fingerprint density at radius 2 is 1.48 bits per heavy atom. The van der Waals surface area contributed by atoms with Gasteiger partial charge in [0.05, 0.1) is 0 Å². The summed E-state index contributed by atoms with van der Waals surface area (Å²) < 4.78 is 5.29. The van der Waals surface area contributed by atoms with Crippen LogP contribution in [0.1, 0.15) is 15.9 Å². The van der Waals surface area contributed by atoms with Crippen molar-refractivity contribution in [2.24, 2.45) is 0 Å². The molecule has 0 spiro atoms. The SMILES string of the molecule is O=C(OCc1ccccc1)c1cccc(-c2ccccc2)c1O. The number of rotatable bonds is 4. The van der Waals surface area contributed by atoms with E-state index in [4.69, 9.17) is 4.74 Å². The largest absolute Gasteiger partial charge is 0.506 e. The summed E-state index contributed by atoms with van der Waals surface area (Å²) in [6.07, 6.45) is 0. The number of esters is 1. The van der Waals surface area contributed by atoms with Crippen LogP contribution in [0.15, 0.2) is 78.9 Å². The smallest absolute Gasteiger partial charge is 0.342 e. The lowest BCUT2D eigenvalue weighted by molar-refractivity contribution is 0.0469. The molecule has 3 rings (SSSR count). The summed E-state index contributed by atoms with van der Waals surface area (Å²) in [6.45, 7) is 0.175. The monoisotopic (exact) mass is 304 g/mol. The van der Waals surface area contributed by atoms with E-state index < -0.39 is 5.97 Å². The second kappa shape index (κ2) is 6.79. The number of phenolic OH excluding ortho intramolecular Hbond substituents is 1. The van der Waals surface area contributed by atoms with Gasteiger partial charge in [0, 0.05) is 5.56 Å². The molecule has 3 heteroatoms. The van der Waals surface area contributed by atoms with Gasteiger partial charge in [-0.2, -0.15) is 0 Å². The van der Waals surface area contributed by atoms with Gasteiger partial charge >= 0.3 is 5.97 Å². The highest BCUT2D eigenvalue weighted by atomic mass is 16.5. The Hall–Kier alpha value is -3.07. The molecular formula is C20H16O3. The zero-order valence-corrected chi connectivity index (χ0v) is 12.5. The van der Waals surface area contributed by atoms with Crippen molar-refractivity contribution in [2.75, 3.05) is 0 Å². The van der Waals surface area contributed by atoms with Crippen LogP contribution in [0.5, 0.6) is 5.75 Å². The third kappa shape index (κ3) is 3.40. The number of para-hydroxylation sites is 1. The number of carbonyl (C=O) groups excluding carboxylic acids is 1. The fraction of sp³-hybridized carbons (Fsp3) is 0.0500. The van der Waals surface area contributed by atoms with Crippen LogP contribution < -0.4 is 0 Å². The summed E-state index contributed by atoms with van der Waals surface area (Å²) in [5.74, 6) is -0.596. The van der Waals surface area contributed by atoms with E-state index in [9.17, 15) is 9.90 Å². The molecule has 3 aromatic carbocycles. The molecule has 0 aromatic heterocycles. The maximum atomic E-state index is 12.2. The number of benzene rings is 3. The highest BCUT2D eigenvalue weighted by Gasteiger charge is 2.16. The van der Waals surface area contributed by atoms with E-state index >= 15 is 0 Å². The Labute approximate surface area is 134 Å². The van der Waals surface area contributed by atoms with Crippen LogP contribution >= 0.6 is 0 Å². The van der Waals surface area contributed by atoms with Gasteiger partial charge in [-0.1, -0.05) is 72.8 Å². The van der Waals surface area contributed by atoms with Crippen molar-refractivity contribution in [2.45, 2.75) is 6.61 Å². The molecule has 0 saturated carbocycles. The Bertz CT molecular complexity index is 796. The van der Waals surface area contributed by atoms with Crippen molar-refractivity contribution in [3.63, 3.8) is 0 Å². The van der Waals surface area contributed by atoms with Gasteiger partial charge in [-0.3, -0.25) is 0 Å². The van der Waals surface area contributed by atoms with Gasteiger partial charge in [-0.15, -0.1) is 0 Å². The van der Waals surface area contributed by atoms with Gasteiger partial charge in [0.15, 0.2) is 0 Å². The highest BCUT2D eigenvalue weighted by molar-refractivity contribution is 5.95. The van der Waals surface area contributed by atoms with Crippen LogP contribution in [0.25, 0.3) is 11.1 Å². The third-order valence-corrected chi connectivity index (χ3v) is 3.55. The van der Waals surface area contributed by atoms with E-state index in [1.165, 1.54) is 0 Å². The fourth-order valence-corrected chi connectivity index (χ4v) is 2.36. The summed E-state index contributed by atoms with van der Waals surface area (Å²) in [6, 6.07) is 24.0. The molecule has 0 aliphatic heterocycles. The zero-order valence-electron chi connectivity index (χ0n) is 12.5. The summed E-state index contributed by atoms with van der Waals surface area (Å²) >= 11 is 0. The van der Waals surface area contributed by atoms with Crippen LogP contribution in [-0.4, -0.2) is 11.1 Å². The maximum absolute atomic E-state index is 12.2. The van der Waals surface area contributed by atoms with E-state index in [-0.39, 0.29) is 17.9 Å². The Kier molecular flexibility index (Phi) is 4.39. The number of hydrogen-bond donors (Lipinski definition) is 1. The molecule has 0 heterocycles. The van der Waals surface area contributed by atoms with Crippen molar-refractivity contribution >= 4 is 5.97 Å². The lowest BCUT2D eigenvalue weighted by atomic mass is 10.0. The molecule has 0 aliphatic rings. The van der Waals surface area contributed by atoms with Crippen LogP contribution in [0.4, 0.5) is 0 Å². The number of carbonyl (C=O) groups is 1.